The molecule has 21 heavy (non-hydrogen) atoms. The van der Waals surface area contributed by atoms with E-state index in [1.54, 1.807) is 6.92 Å². The van der Waals surface area contributed by atoms with Crippen molar-refractivity contribution in [2.45, 2.75) is 65.1 Å². The van der Waals surface area contributed by atoms with Gasteiger partial charge in [-0.3, -0.25) is 9.59 Å². The predicted octanol–water partition coefficient (Wildman–Crippen LogP) is 2.48. The number of carbonyl (C=O) groups excluding carboxylic acids is 2. The summed E-state index contributed by atoms with van der Waals surface area (Å²) in [6.45, 7) is 7.72. The molecule has 0 heterocycles. The number of esters is 2. The highest BCUT2D eigenvalue weighted by molar-refractivity contribution is 5.73. The maximum atomic E-state index is 11.7. The number of ether oxygens (including phenoxy) is 2. The zero-order valence-corrected chi connectivity index (χ0v) is 13.2. The Morgan fingerprint density at radius 1 is 1.05 bits per heavy atom. The molecule has 0 saturated heterocycles. The largest absolute Gasteiger partial charge is 0.444 e. The Bertz CT molecular complexity index is 469. The number of rotatable bonds is 7. The lowest BCUT2D eigenvalue weighted by atomic mass is 10.0. The lowest BCUT2D eigenvalue weighted by molar-refractivity contribution is -0.157. The van der Waals surface area contributed by atoms with Crippen LogP contribution in [0.4, 0.5) is 0 Å². The van der Waals surface area contributed by atoms with Crippen LogP contribution in [0.25, 0.3) is 0 Å². The lowest BCUT2D eigenvalue weighted by Gasteiger charge is -2.20. The topological polar surface area (TPSA) is 100 Å². The summed E-state index contributed by atoms with van der Waals surface area (Å²) in [5, 5.41) is 17.5. The monoisotopic (exact) mass is 294 g/mol. The van der Waals surface area contributed by atoms with Gasteiger partial charge in [0.25, 0.3) is 0 Å². The van der Waals surface area contributed by atoms with Crippen molar-refractivity contribution in [3.8, 4) is 12.1 Å². The molecule has 1 atom stereocenters. The van der Waals surface area contributed by atoms with Crippen molar-refractivity contribution in [3.63, 3.8) is 0 Å². The second kappa shape index (κ2) is 7.64. The fourth-order valence-corrected chi connectivity index (χ4v) is 1.40. The molecule has 0 aliphatic rings. The number of nitrogens with zero attached hydrogens (tertiary/aromatic N) is 2. The van der Waals surface area contributed by atoms with Gasteiger partial charge in [0.1, 0.15) is 12.1 Å². The standard InChI is InChI=1S/C15H22N2O4/c1-11(13(19)21-15(4,5)10-17)7-6-8-12(18)20-14(2,3)9-16/h11H,6-8H2,1-5H3. The molecular formula is C15H22N2O4. The van der Waals surface area contributed by atoms with Crippen molar-refractivity contribution >= 4 is 11.9 Å². The molecule has 0 aromatic rings. The average Bonchev–Trinajstić information content (AvgIpc) is 2.37. The summed E-state index contributed by atoms with van der Waals surface area (Å²) >= 11 is 0. The van der Waals surface area contributed by atoms with Crippen LogP contribution in [0.5, 0.6) is 0 Å². The second-order valence-corrected chi connectivity index (χ2v) is 5.93. The third-order valence-electron chi connectivity index (χ3n) is 2.68. The number of hydrogen-bond acceptors (Lipinski definition) is 6. The first-order chi connectivity index (χ1) is 9.53. The van der Waals surface area contributed by atoms with E-state index in [1.165, 1.54) is 27.7 Å². The van der Waals surface area contributed by atoms with E-state index in [-0.39, 0.29) is 6.42 Å². The van der Waals surface area contributed by atoms with Crippen molar-refractivity contribution in [2.75, 3.05) is 0 Å². The Morgan fingerprint density at radius 3 is 2.00 bits per heavy atom. The molecule has 0 aliphatic heterocycles. The van der Waals surface area contributed by atoms with Gasteiger partial charge in [0.15, 0.2) is 11.2 Å². The van der Waals surface area contributed by atoms with Gasteiger partial charge in [-0.1, -0.05) is 6.92 Å². The van der Waals surface area contributed by atoms with Crippen molar-refractivity contribution < 1.29 is 19.1 Å². The molecule has 0 saturated carbocycles. The third kappa shape index (κ3) is 7.94. The van der Waals surface area contributed by atoms with E-state index < -0.39 is 29.1 Å². The molecule has 0 rings (SSSR count). The average molecular weight is 294 g/mol. The Morgan fingerprint density at radius 2 is 1.52 bits per heavy atom. The van der Waals surface area contributed by atoms with Gasteiger partial charge >= 0.3 is 11.9 Å². The molecule has 1 unspecified atom stereocenters. The summed E-state index contributed by atoms with van der Waals surface area (Å²) in [5.74, 6) is -1.35. The van der Waals surface area contributed by atoms with Crippen molar-refractivity contribution in [1.82, 2.24) is 0 Å². The third-order valence-corrected chi connectivity index (χ3v) is 2.68. The zero-order chi connectivity index (χ0) is 16.7. The van der Waals surface area contributed by atoms with Crippen LogP contribution in [0, 0.1) is 28.6 Å². The SMILES string of the molecule is CC(CCCC(=O)OC(C)(C)C#N)C(=O)OC(C)(C)C#N. The molecule has 0 radical (unpaired) electrons. The number of nitriles is 2. The minimum Gasteiger partial charge on any atom is -0.444 e. The number of hydrogen-bond donors (Lipinski definition) is 0. The van der Waals surface area contributed by atoms with E-state index in [0.29, 0.717) is 12.8 Å². The summed E-state index contributed by atoms with van der Waals surface area (Å²) in [6, 6.07) is 3.76. The summed E-state index contributed by atoms with van der Waals surface area (Å²) in [5.41, 5.74) is -2.29. The zero-order valence-electron chi connectivity index (χ0n) is 13.2. The fourth-order valence-electron chi connectivity index (χ4n) is 1.40. The molecule has 6 nitrogen and oxygen atoms in total. The molecule has 0 fully saturated rings. The van der Waals surface area contributed by atoms with Gasteiger partial charge in [-0.15, -0.1) is 0 Å². The van der Waals surface area contributed by atoms with E-state index in [1.807, 2.05) is 12.1 Å². The fraction of sp³-hybridized carbons (Fsp3) is 0.733. The van der Waals surface area contributed by atoms with Crippen LogP contribution in [-0.4, -0.2) is 23.1 Å². The van der Waals surface area contributed by atoms with Gasteiger partial charge in [0.2, 0.25) is 0 Å². The maximum absolute atomic E-state index is 11.7. The summed E-state index contributed by atoms with van der Waals surface area (Å²) in [4.78, 5) is 23.2. The normalized spacial score (nSPS) is 12.7. The van der Waals surface area contributed by atoms with Crippen LogP contribution in [0.15, 0.2) is 0 Å². The predicted molar refractivity (Wildman–Crippen MR) is 74.6 cm³/mol. The first-order valence-electron chi connectivity index (χ1n) is 6.80. The van der Waals surface area contributed by atoms with Gasteiger partial charge in [0, 0.05) is 6.42 Å². The highest BCUT2D eigenvalue weighted by Crippen LogP contribution is 2.16. The van der Waals surface area contributed by atoms with Gasteiger partial charge in [-0.25, -0.2) is 0 Å². The van der Waals surface area contributed by atoms with Crippen LogP contribution in [0.3, 0.4) is 0 Å². The van der Waals surface area contributed by atoms with Crippen molar-refractivity contribution in [2.24, 2.45) is 5.92 Å². The van der Waals surface area contributed by atoms with Crippen LogP contribution >= 0.6 is 0 Å². The lowest BCUT2D eigenvalue weighted by Crippen LogP contribution is -2.29. The van der Waals surface area contributed by atoms with E-state index in [4.69, 9.17) is 20.0 Å². The van der Waals surface area contributed by atoms with Crippen molar-refractivity contribution in [3.05, 3.63) is 0 Å². The highest BCUT2D eigenvalue weighted by Gasteiger charge is 2.26. The molecular weight excluding hydrogens is 272 g/mol. The molecule has 6 heteroatoms. The summed E-state index contributed by atoms with van der Waals surface area (Å²) in [6.07, 6.45) is 1.02. The van der Waals surface area contributed by atoms with E-state index in [2.05, 4.69) is 0 Å². The molecule has 0 spiro atoms. The van der Waals surface area contributed by atoms with Crippen molar-refractivity contribution in [1.29, 1.82) is 10.5 Å². The second-order valence-electron chi connectivity index (χ2n) is 5.93. The van der Waals surface area contributed by atoms with E-state index in [0.717, 1.165) is 0 Å². The Labute approximate surface area is 125 Å². The van der Waals surface area contributed by atoms with Gasteiger partial charge in [-0.2, -0.15) is 10.5 Å². The van der Waals surface area contributed by atoms with E-state index >= 15 is 0 Å². The molecule has 0 aromatic heterocycles. The Hall–Kier alpha value is -2.08. The quantitative estimate of drug-likeness (QED) is 0.669. The minimum absolute atomic E-state index is 0.129. The van der Waals surface area contributed by atoms with Gasteiger partial charge in [-0.05, 0) is 40.5 Å². The van der Waals surface area contributed by atoms with Crippen LogP contribution < -0.4 is 0 Å². The molecule has 0 bridgehead atoms. The van der Waals surface area contributed by atoms with Crippen LogP contribution in [0.2, 0.25) is 0 Å². The smallest absolute Gasteiger partial charge is 0.310 e. The first-order valence-corrected chi connectivity index (χ1v) is 6.80. The molecule has 0 N–H and O–H groups in total. The molecule has 116 valence electrons. The highest BCUT2D eigenvalue weighted by atomic mass is 16.6. The van der Waals surface area contributed by atoms with Crippen LogP contribution in [-0.2, 0) is 19.1 Å². The molecule has 0 aliphatic carbocycles. The van der Waals surface area contributed by atoms with E-state index in [9.17, 15) is 9.59 Å². The number of carbonyl (C=O) groups is 2. The van der Waals surface area contributed by atoms with Crippen LogP contribution in [0.1, 0.15) is 53.9 Å². The van der Waals surface area contributed by atoms with Gasteiger partial charge in [0.05, 0.1) is 5.92 Å². The Kier molecular flexibility index (Phi) is 6.88. The first kappa shape index (κ1) is 18.9. The Balaban J connectivity index is 4.14. The molecule has 0 aromatic carbocycles. The molecule has 0 amide bonds. The minimum atomic E-state index is -1.15. The van der Waals surface area contributed by atoms with Gasteiger partial charge < -0.3 is 9.47 Å². The maximum Gasteiger partial charge on any atom is 0.310 e. The summed E-state index contributed by atoms with van der Waals surface area (Å²) < 4.78 is 10.0. The summed E-state index contributed by atoms with van der Waals surface area (Å²) in [7, 11) is 0.